The molecular weight excluding hydrogens is 364 g/mol. The van der Waals surface area contributed by atoms with Crippen molar-refractivity contribution < 1.29 is 4.79 Å². The molecule has 7 nitrogen and oxygen atoms in total. The van der Waals surface area contributed by atoms with Gasteiger partial charge in [-0.1, -0.05) is 30.2 Å². The van der Waals surface area contributed by atoms with Crippen LogP contribution in [0.2, 0.25) is 0 Å². The van der Waals surface area contributed by atoms with E-state index in [-0.39, 0.29) is 5.91 Å². The number of nitrogens with zero attached hydrogens (tertiary/aromatic N) is 4. The number of carbonyl (C=O) groups is 1. The number of piperidine rings is 1. The van der Waals surface area contributed by atoms with Crippen LogP contribution in [0, 0.1) is 6.92 Å². The van der Waals surface area contributed by atoms with Crippen LogP contribution in [0.25, 0.3) is 0 Å². The molecule has 1 aromatic heterocycles. The Hall–Kier alpha value is -2.25. The lowest BCUT2D eigenvalue weighted by molar-refractivity contribution is 0.102. The molecule has 0 atom stereocenters. The predicted octanol–water partition coefficient (Wildman–Crippen LogP) is 3.14. The molecule has 2 aliphatic heterocycles. The predicted molar refractivity (Wildman–Crippen MR) is 114 cm³/mol. The molecule has 2 aliphatic rings. The third kappa shape index (κ3) is 5.03. The number of benzene rings is 1. The molecule has 2 aromatic rings. The van der Waals surface area contributed by atoms with Crippen LogP contribution >= 0.6 is 0 Å². The number of likely N-dealkylation sites (tertiary alicyclic amines) is 1. The molecule has 0 saturated carbocycles. The van der Waals surface area contributed by atoms with E-state index < -0.39 is 0 Å². The minimum Gasteiger partial charge on any atom is -0.321 e. The van der Waals surface area contributed by atoms with Gasteiger partial charge in [-0.15, -0.1) is 5.10 Å². The van der Waals surface area contributed by atoms with E-state index in [0.717, 1.165) is 43.9 Å². The number of nitrogens with one attached hydrogen (secondary N) is 2. The number of amides is 1. The van der Waals surface area contributed by atoms with Gasteiger partial charge in [0.1, 0.15) is 0 Å². The number of hydrogen-bond acceptors (Lipinski definition) is 5. The number of aromatic nitrogens is 3. The summed E-state index contributed by atoms with van der Waals surface area (Å²) in [6.45, 7) is 7.25. The van der Waals surface area contributed by atoms with Gasteiger partial charge in [-0.05, 0) is 76.5 Å². The van der Waals surface area contributed by atoms with E-state index >= 15 is 0 Å². The van der Waals surface area contributed by atoms with Crippen LogP contribution in [-0.2, 0) is 6.54 Å². The Morgan fingerprint density at radius 1 is 1.10 bits per heavy atom. The van der Waals surface area contributed by atoms with Gasteiger partial charge in [0.05, 0.1) is 11.7 Å². The lowest BCUT2D eigenvalue weighted by Crippen LogP contribution is -2.30. The van der Waals surface area contributed by atoms with Crippen molar-refractivity contribution in [2.24, 2.45) is 0 Å². The van der Waals surface area contributed by atoms with Gasteiger partial charge in [-0.25, -0.2) is 4.68 Å². The summed E-state index contributed by atoms with van der Waals surface area (Å²) >= 11 is 0. The summed E-state index contributed by atoms with van der Waals surface area (Å²) in [4.78, 5) is 15.3. The van der Waals surface area contributed by atoms with E-state index in [1.54, 1.807) is 0 Å². The lowest BCUT2D eigenvalue weighted by atomic mass is 10.1. The first-order valence-electron chi connectivity index (χ1n) is 11.0. The molecule has 2 fully saturated rings. The Morgan fingerprint density at radius 2 is 1.79 bits per heavy atom. The first-order valence-corrected chi connectivity index (χ1v) is 11.0. The van der Waals surface area contributed by atoms with E-state index in [4.69, 9.17) is 0 Å². The first kappa shape index (κ1) is 20.0. The fourth-order valence-electron chi connectivity index (χ4n) is 4.38. The van der Waals surface area contributed by atoms with Crippen LogP contribution in [0.15, 0.2) is 24.3 Å². The van der Waals surface area contributed by atoms with Crippen LogP contribution < -0.4 is 10.6 Å². The Labute approximate surface area is 172 Å². The van der Waals surface area contributed by atoms with Gasteiger partial charge >= 0.3 is 0 Å². The maximum Gasteiger partial charge on any atom is 0.278 e. The largest absolute Gasteiger partial charge is 0.321 e. The number of carbonyl (C=O) groups excluding carboxylic acids is 1. The van der Waals surface area contributed by atoms with Crippen molar-refractivity contribution in [2.45, 2.75) is 58.0 Å². The van der Waals surface area contributed by atoms with Crippen LogP contribution in [0.4, 0.5) is 5.69 Å². The summed E-state index contributed by atoms with van der Waals surface area (Å²) in [6.07, 6.45) is 7.33. The number of hydrogen-bond donors (Lipinski definition) is 2. The zero-order valence-corrected chi connectivity index (χ0v) is 17.4. The van der Waals surface area contributed by atoms with Crippen molar-refractivity contribution >= 4 is 11.6 Å². The molecule has 7 heteroatoms. The van der Waals surface area contributed by atoms with E-state index in [0.29, 0.717) is 11.7 Å². The van der Waals surface area contributed by atoms with Crippen molar-refractivity contribution in [1.82, 2.24) is 25.2 Å². The SMILES string of the molecule is Cc1c(C(=O)Nc2ccc(CN3CCCCCC3)cc2)nnn1C1CCNCC1. The van der Waals surface area contributed by atoms with Gasteiger partial charge in [0.25, 0.3) is 5.91 Å². The van der Waals surface area contributed by atoms with Crippen molar-refractivity contribution in [1.29, 1.82) is 0 Å². The highest BCUT2D eigenvalue weighted by molar-refractivity contribution is 6.03. The summed E-state index contributed by atoms with van der Waals surface area (Å²) < 4.78 is 1.92. The highest BCUT2D eigenvalue weighted by Gasteiger charge is 2.23. The second kappa shape index (κ2) is 9.50. The Bertz CT molecular complexity index is 801. The smallest absolute Gasteiger partial charge is 0.278 e. The van der Waals surface area contributed by atoms with Gasteiger partial charge in [-0.3, -0.25) is 9.69 Å². The van der Waals surface area contributed by atoms with E-state index in [2.05, 4.69) is 38.0 Å². The molecule has 1 aromatic carbocycles. The van der Waals surface area contributed by atoms with Crippen molar-refractivity contribution in [3.63, 3.8) is 0 Å². The Kier molecular flexibility index (Phi) is 6.56. The maximum absolute atomic E-state index is 12.7. The Balaban J connectivity index is 1.36. The standard InChI is InChI=1S/C22H32N6O/c1-17-21(25-26-28(17)20-10-12-23-13-11-20)22(29)24-19-8-6-18(7-9-19)16-27-14-4-2-3-5-15-27/h6-9,20,23H,2-5,10-16H2,1H3,(H,24,29). The summed E-state index contributed by atoms with van der Waals surface area (Å²) in [6, 6.07) is 8.51. The van der Waals surface area contributed by atoms with Gasteiger partial charge < -0.3 is 10.6 Å². The zero-order chi connectivity index (χ0) is 20.1. The van der Waals surface area contributed by atoms with E-state index in [9.17, 15) is 4.79 Å². The summed E-state index contributed by atoms with van der Waals surface area (Å²) in [5.74, 6) is -0.192. The number of anilines is 1. The van der Waals surface area contributed by atoms with Crippen molar-refractivity contribution in [2.75, 3.05) is 31.5 Å². The highest BCUT2D eigenvalue weighted by atomic mass is 16.2. The minimum atomic E-state index is -0.192. The van der Waals surface area contributed by atoms with Crippen molar-refractivity contribution in [3.05, 3.63) is 41.2 Å². The normalized spacial score (nSPS) is 19.1. The molecule has 2 N–H and O–H groups in total. The molecule has 2 saturated heterocycles. The van der Waals surface area contributed by atoms with Crippen LogP contribution in [0.5, 0.6) is 0 Å². The second-order valence-corrected chi connectivity index (χ2v) is 8.29. The summed E-state index contributed by atoms with van der Waals surface area (Å²) in [5, 5.41) is 14.8. The molecule has 0 spiro atoms. The lowest BCUT2D eigenvalue weighted by Gasteiger charge is -2.23. The third-order valence-corrected chi connectivity index (χ3v) is 6.11. The van der Waals surface area contributed by atoms with Crippen LogP contribution in [-0.4, -0.2) is 52.0 Å². The second-order valence-electron chi connectivity index (χ2n) is 8.29. The Morgan fingerprint density at radius 3 is 2.48 bits per heavy atom. The molecule has 0 bridgehead atoms. The molecule has 4 rings (SSSR count). The molecule has 3 heterocycles. The maximum atomic E-state index is 12.7. The number of rotatable bonds is 5. The quantitative estimate of drug-likeness (QED) is 0.812. The van der Waals surface area contributed by atoms with Crippen LogP contribution in [0.1, 0.15) is 66.3 Å². The van der Waals surface area contributed by atoms with E-state index in [1.165, 1.54) is 44.3 Å². The fourth-order valence-corrected chi connectivity index (χ4v) is 4.38. The van der Waals surface area contributed by atoms with Gasteiger partial charge in [0.2, 0.25) is 0 Å². The monoisotopic (exact) mass is 396 g/mol. The zero-order valence-electron chi connectivity index (χ0n) is 17.4. The van der Waals surface area contributed by atoms with Gasteiger partial charge in [0, 0.05) is 12.2 Å². The highest BCUT2D eigenvalue weighted by Crippen LogP contribution is 2.21. The van der Waals surface area contributed by atoms with Crippen molar-refractivity contribution in [3.8, 4) is 0 Å². The van der Waals surface area contributed by atoms with Gasteiger partial charge in [0.15, 0.2) is 5.69 Å². The van der Waals surface area contributed by atoms with Crippen LogP contribution in [0.3, 0.4) is 0 Å². The molecule has 0 unspecified atom stereocenters. The molecule has 1 amide bonds. The molecular formula is C22H32N6O. The summed E-state index contributed by atoms with van der Waals surface area (Å²) in [7, 11) is 0. The summed E-state index contributed by atoms with van der Waals surface area (Å²) in [5.41, 5.74) is 3.34. The molecule has 29 heavy (non-hydrogen) atoms. The van der Waals surface area contributed by atoms with E-state index in [1.807, 2.05) is 23.7 Å². The average Bonchev–Trinajstić information content (AvgIpc) is 2.95. The molecule has 0 radical (unpaired) electrons. The third-order valence-electron chi connectivity index (χ3n) is 6.11. The molecule has 0 aliphatic carbocycles. The fraction of sp³-hybridized carbons (Fsp3) is 0.591. The first-order chi connectivity index (χ1) is 14.2. The minimum absolute atomic E-state index is 0.192. The van der Waals surface area contributed by atoms with Gasteiger partial charge in [-0.2, -0.15) is 0 Å². The topological polar surface area (TPSA) is 75.1 Å². The molecule has 156 valence electrons. The average molecular weight is 397 g/mol.